The van der Waals surface area contributed by atoms with Crippen LogP contribution in [0.25, 0.3) is 0 Å². The number of carbonyl (C=O) groups excluding carboxylic acids is 2. The van der Waals surface area contributed by atoms with Crippen LogP contribution in [0, 0.1) is 5.92 Å². The molecule has 27 heavy (non-hydrogen) atoms. The summed E-state index contributed by atoms with van der Waals surface area (Å²) in [5.41, 5.74) is 1.28. The van der Waals surface area contributed by atoms with Crippen LogP contribution >= 0.6 is 11.6 Å². The van der Waals surface area contributed by atoms with E-state index in [-0.39, 0.29) is 17.9 Å². The number of urea groups is 1. The second-order valence-corrected chi connectivity index (χ2v) is 8.22. The normalized spacial score (nSPS) is 24.3. The number of piperidine rings is 1. The molecule has 0 spiro atoms. The van der Waals surface area contributed by atoms with Gasteiger partial charge in [0.15, 0.2) is 0 Å². The fourth-order valence-corrected chi connectivity index (χ4v) is 4.42. The van der Waals surface area contributed by atoms with Crippen molar-refractivity contribution in [3.63, 3.8) is 0 Å². The molecule has 6 heteroatoms. The summed E-state index contributed by atoms with van der Waals surface area (Å²) in [6, 6.07) is 7.65. The summed E-state index contributed by atoms with van der Waals surface area (Å²) in [5.74, 6) is 0.0738. The molecule has 2 aliphatic rings. The van der Waals surface area contributed by atoms with E-state index < -0.39 is 5.54 Å². The summed E-state index contributed by atoms with van der Waals surface area (Å²) in [6.45, 7) is 10.7. The first-order chi connectivity index (χ1) is 12.9. The number of benzene rings is 1. The van der Waals surface area contributed by atoms with E-state index in [1.807, 2.05) is 26.0 Å². The van der Waals surface area contributed by atoms with Crippen molar-refractivity contribution >= 4 is 23.5 Å². The Morgan fingerprint density at radius 1 is 1.26 bits per heavy atom. The molecular formula is C21H28ClN3O2. The maximum Gasteiger partial charge on any atom is 0.325 e. The van der Waals surface area contributed by atoms with Crippen molar-refractivity contribution in [1.29, 1.82) is 0 Å². The van der Waals surface area contributed by atoms with Crippen molar-refractivity contribution in [2.45, 2.75) is 45.2 Å². The molecule has 0 saturated carbocycles. The molecule has 1 aromatic rings. The number of rotatable bonds is 6. The standard InChI is InChI=1S/C21H28ClN3O2/c1-4-21(19(26)25(13-15(2)3)20(27)23-21)17-9-11-24(12-10-17)14-16-5-7-18(22)8-6-16/h5-8,17H,2,4,9-14H2,1,3H3,(H,23,27). The molecule has 0 aliphatic carbocycles. The van der Waals surface area contributed by atoms with Gasteiger partial charge < -0.3 is 5.32 Å². The van der Waals surface area contributed by atoms with Crippen LogP contribution in [0.2, 0.25) is 5.02 Å². The van der Waals surface area contributed by atoms with Crippen molar-refractivity contribution in [1.82, 2.24) is 15.1 Å². The van der Waals surface area contributed by atoms with Gasteiger partial charge in [-0.2, -0.15) is 0 Å². The number of carbonyl (C=O) groups is 2. The van der Waals surface area contributed by atoms with E-state index in [0.29, 0.717) is 13.0 Å². The zero-order chi connectivity index (χ0) is 19.6. The van der Waals surface area contributed by atoms with Crippen LogP contribution in [-0.2, 0) is 11.3 Å². The fraction of sp³-hybridized carbons (Fsp3) is 0.524. The van der Waals surface area contributed by atoms with Crippen LogP contribution in [-0.4, -0.2) is 46.9 Å². The smallest absolute Gasteiger partial charge is 0.323 e. The lowest BCUT2D eigenvalue weighted by atomic mass is 9.75. The van der Waals surface area contributed by atoms with Gasteiger partial charge in [0, 0.05) is 11.6 Å². The Morgan fingerprint density at radius 3 is 2.44 bits per heavy atom. The summed E-state index contributed by atoms with van der Waals surface area (Å²) >= 11 is 5.96. The van der Waals surface area contributed by atoms with E-state index >= 15 is 0 Å². The molecule has 146 valence electrons. The predicted molar refractivity (Wildman–Crippen MR) is 108 cm³/mol. The minimum Gasteiger partial charge on any atom is -0.323 e. The zero-order valence-corrected chi connectivity index (χ0v) is 16.9. The predicted octanol–water partition coefficient (Wildman–Crippen LogP) is 3.83. The molecule has 2 heterocycles. The van der Waals surface area contributed by atoms with E-state index in [9.17, 15) is 9.59 Å². The Balaban J connectivity index is 1.65. The Bertz CT molecular complexity index is 725. The van der Waals surface area contributed by atoms with Crippen LogP contribution in [0.1, 0.15) is 38.7 Å². The van der Waals surface area contributed by atoms with Crippen LogP contribution < -0.4 is 5.32 Å². The van der Waals surface area contributed by atoms with Gasteiger partial charge in [-0.1, -0.05) is 42.8 Å². The van der Waals surface area contributed by atoms with Crippen molar-refractivity contribution < 1.29 is 9.59 Å². The van der Waals surface area contributed by atoms with Crippen LogP contribution in [0.5, 0.6) is 0 Å². The van der Waals surface area contributed by atoms with Crippen molar-refractivity contribution in [3.05, 3.63) is 47.0 Å². The number of halogens is 1. The van der Waals surface area contributed by atoms with Gasteiger partial charge in [-0.05, 0) is 62.9 Å². The topological polar surface area (TPSA) is 52.7 Å². The fourth-order valence-electron chi connectivity index (χ4n) is 4.30. The van der Waals surface area contributed by atoms with Gasteiger partial charge in [-0.3, -0.25) is 14.6 Å². The molecule has 0 bridgehead atoms. The van der Waals surface area contributed by atoms with Gasteiger partial charge >= 0.3 is 6.03 Å². The van der Waals surface area contributed by atoms with Gasteiger partial charge in [0.05, 0.1) is 6.54 Å². The SMILES string of the molecule is C=C(C)CN1C(=O)NC(CC)(C2CCN(Cc3ccc(Cl)cc3)CC2)C1=O. The third-order valence-electron chi connectivity index (χ3n) is 5.79. The minimum absolute atomic E-state index is 0.0887. The molecule has 3 rings (SSSR count). The number of hydrogen-bond acceptors (Lipinski definition) is 3. The van der Waals surface area contributed by atoms with Crippen molar-refractivity contribution in [2.24, 2.45) is 5.92 Å². The number of nitrogens with one attached hydrogen (secondary N) is 1. The summed E-state index contributed by atoms with van der Waals surface area (Å²) in [5, 5.41) is 3.77. The molecule has 2 saturated heterocycles. The average molecular weight is 390 g/mol. The van der Waals surface area contributed by atoms with Gasteiger partial charge in [0.25, 0.3) is 5.91 Å². The lowest BCUT2D eigenvalue weighted by Crippen LogP contribution is -2.55. The maximum absolute atomic E-state index is 13.1. The van der Waals surface area contributed by atoms with Gasteiger partial charge in [-0.25, -0.2) is 4.79 Å². The highest BCUT2D eigenvalue weighted by atomic mass is 35.5. The summed E-state index contributed by atoms with van der Waals surface area (Å²) < 4.78 is 0. The summed E-state index contributed by atoms with van der Waals surface area (Å²) in [6.07, 6.45) is 2.41. The number of imide groups is 1. The summed E-state index contributed by atoms with van der Waals surface area (Å²) in [4.78, 5) is 29.2. The van der Waals surface area contributed by atoms with Gasteiger partial charge in [-0.15, -0.1) is 0 Å². The minimum atomic E-state index is -0.765. The largest absolute Gasteiger partial charge is 0.325 e. The van der Waals surface area contributed by atoms with Crippen molar-refractivity contribution in [2.75, 3.05) is 19.6 Å². The third-order valence-corrected chi connectivity index (χ3v) is 6.04. The van der Waals surface area contributed by atoms with Crippen LogP contribution in [0.15, 0.2) is 36.4 Å². The second kappa shape index (κ2) is 8.03. The molecule has 2 aliphatic heterocycles. The quantitative estimate of drug-likeness (QED) is 0.594. The molecule has 2 fully saturated rings. The Labute approximate surface area is 166 Å². The van der Waals surface area contributed by atoms with E-state index in [0.717, 1.165) is 43.1 Å². The van der Waals surface area contributed by atoms with E-state index in [2.05, 4.69) is 28.9 Å². The molecule has 5 nitrogen and oxygen atoms in total. The van der Waals surface area contributed by atoms with Gasteiger partial charge in [0.2, 0.25) is 0 Å². The highest BCUT2D eigenvalue weighted by Gasteiger charge is 2.54. The molecule has 0 aromatic heterocycles. The monoisotopic (exact) mass is 389 g/mol. The summed E-state index contributed by atoms with van der Waals surface area (Å²) in [7, 11) is 0. The maximum atomic E-state index is 13.1. The van der Waals surface area contributed by atoms with E-state index in [1.54, 1.807) is 0 Å². The number of likely N-dealkylation sites (tertiary alicyclic amines) is 1. The Kier molecular flexibility index (Phi) is 5.92. The Hall–Kier alpha value is -1.85. The second-order valence-electron chi connectivity index (χ2n) is 7.78. The van der Waals surface area contributed by atoms with Crippen molar-refractivity contribution in [3.8, 4) is 0 Å². The lowest BCUT2D eigenvalue weighted by Gasteiger charge is -2.40. The molecule has 0 radical (unpaired) electrons. The first kappa shape index (κ1) is 19.9. The zero-order valence-electron chi connectivity index (χ0n) is 16.1. The number of hydrogen-bond donors (Lipinski definition) is 1. The average Bonchev–Trinajstić information content (AvgIpc) is 2.89. The highest BCUT2D eigenvalue weighted by Crippen LogP contribution is 2.36. The first-order valence-corrected chi connectivity index (χ1v) is 9.99. The highest BCUT2D eigenvalue weighted by molar-refractivity contribution is 6.30. The van der Waals surface area contributed by atoms with Crippen LogP contribution in [0.3, 0.4) is 0 Å². The lowest BCUT2D eigenvalue weighted by molar-refractivity contribution is -0.134. The molecule has 1 N–H and O–H groups in total. The molecule has 3 amide bonds. The third kappa shape index (κ3) is 4.04. The van der Waals surface area contributed by atoms with Gasteiger partial charge in [0.1, 0.15) is 5.54 Å². The molecule has 1 atom stereocenters. The molecular weight excluding hydrogens is 362 g/mol. The van der Waals surface area contributed by atoms with E-state index in [1.165, 1.54) is 10.5 Å². The number of nitrogens with zero attached hydrogens (tertiary/aromatic N) is 2. The van der Waals surface area contributed by atoms with E-state index in [4.69, 9.17) is 11.6 Å². The van der Waals surface area contributed by atoms with Crippen LogP contribution in [0.4, 0.5) is 4.79 Å². The Morgan fingerprint density at radius 2 is 1.89 bits per heavy atom. The molecule has 1 unspecified atom stereocenters. The molecule has 1 aromatic carbocycles. The number of amides is 3. The first-order valence-electron chi connectivity index (χ1n) is 9.61.